The molecule has 2 nitrogen and oxygen atoms in total. The maximum absolute atomic E-state index is 11.9. The molecule has 0 heterocycles. The Morgan fingerprint density at radius 1 is 1.35 bits per heavy atom. The van der Waals surface area contributed by atoms with Crippen LogP contribution in [0, 0.1) is 5.41 Å². The first-order chi connectivity index (χ1) is 12.3. The molecule has 0 radical (unpaired) electrons. The number of ether oxygens (including phenoxy) is 1. The van der Waals surface area contributed by atoms with E-state index in [0.717, 1.165) is 12.8 Å². The standard InChI is InChI=1S/C24H32O2/c1-8-16(3)21(22-17(4)11-10-14-24(22,5)6)20-13-12-19(23(25)26-7)15-18(20)9-2/h8,12-13,15H,1,9-11,14H2,2-7H3. The molecular formula is C24H32O2. The second-order valence-electron chi connectivity index (χ2n) is 7.87. The summed E-state index contributed by atoms with van der Waals surface area (Å²) in [5, 5.41) is 0. The summed E-state index contributed by atoms with van der Waals surface area (Å²) in [6.45, 7) is 15.3. The van der Waals surface area contributed by atoms with Gasteiger partial charge in [0.05, 0.1) is 12.7 Å². The quantitative estimate of drug-likeness (QED) is 0.445. The van der Waals surface area contributed by atoms with Crippen molar-refractivity contribution in [3.8, 4) is 0 Å². The molecule has 2 heteroatoms. The van der Waals surface area contributed by atoms with Crippen LogP contribution in [0.3, 0.4) is 0 Å². The lowest BCUT2D eigenvalue weighted by molar-refractivity contribution is 0.0600. The van der Waals surface area contributed by atoms with E-state index in [1.807, 2.05) is 18.2 Å². The number of rotatable bonds is 5. The van der Waals surface area contributed by atoms with Crippen LogP contribution in [0.5, 0.6) is 0 Å². The molecule has 0 amide bonds. The van der Waals surface area contributed by atoms with Gasteiger partial charge >= 0.3 is 5.97 Å². The minimum absolute atomic E-state index is 0.133. The Morgan fingerprint density at radius 3 is 2.58 bits per heavy atom. The summed E-state index contributed by atoms with van der Waals surface area (Å²) in [5.41, 5.74) is 8.52. The molecule has 0 N–H and O–H groups in total. The van der Waals surface area contributed by atoms with Gasteiger partial charge in [0.1, 0.15) is 0 Å². The van der Waals surface area contributed by atoms with Crippen LogP contribution in [0.2, 0.25) is 0 Å². The molecule has 0 unspecified atom stereocenters. The molecule has 1 aromatic rings. The first kappa shape index (κ1) is 20.2. The van der Waals surface area contributed by atoms with Crippen LogP contribution in [0.15, 0.2) is 47.6 Å². The molecular weight excluding hydrogens is 320 g/mol. The maximum atomic E-state index is 11.9. The largest absolute Gasteiger partial charge is 0.465 e. The topological polar surface area (TPSA) is 26.3 Å². The SMILES string of the molecule is C=CC(C)=C(C1=C(C)CCCC1(C)C)c1ccc(C(=O)OC)cc1CC. The van der Waals surface area contributed by atoms with Crippen molar-refractivity contribution >= 4 is 11.5 Å². The molecule has 26 heavy (non-hydrogen) atoms. The smallest absolute Gasteiger partial charge is 0.337 e. The van der Waals surface area contributed by atoms with Gasteiger partial charge in [-0.05, 0) is 84.9 Å². The second-order valence-corrected chi connectivity index (χ2v) is 7.87. The lowest BCUT2D eigenvalue weighted by Gasteiger charge is -2.37. The van der Waals surface area contributed by atoms with E-state index in [9.17, 15) is 4.79 Å². The average molecular weight is 353 g/mol. The molecule has 0 bridgehead atoms. The minimum atomic E-state index is -0.286. The van der Waals surface area contributed by atoms with Gasteiger partial charge in [0, 0.05) is 0 Å². The Morgan fingerprint density at radius 2 is 2.04 bits per heavy atom. The molecule has 140 valence electrons. The van der Waals surface area contributed by atoms with Crippen LogP contribution in [0.4, 0.5) is 0 Å². The summed E-state index contributed by atoms with van der Waals surface area (Å²) in [6.07, 6.45) is 6.39. The van der Waals surface area contributed by atoms with Crippen molar-refractivity contribution in [1.82, 2.24) is 0 Å². The van der Waals surface area contributed by atoms with E-state index >= 15 is 0 Å². The molecule has 0 aromatic heterocycles. The van der Waals surface area contributed by atoms with E-state index in [1.54, 1.807) is 0 Å². The zero-order valence-electron chi connectivity index (χ0n) is 17.2. The highest BCUT2D eigenvalue weighted by atomic mass is 16.5. The molecule has 1 aliphatic carbocycles. The van der Waals surface area contributed by atoms with Crippen molar-refractivity contribution in [3.63, 3.8) is 0 Å². The van der Waals surface area contributed by atoms with Crippen molar-refractivity contribution in [2.75, 3.05) is 7.11 Å². The fraction of sp³-hybridized carbons (Fsp3) is 0.458. The predicted octanol–water partition coefficient (Wildman–Crippen LogP) is 6.52. The number of aryl methyl sites for hydroxylation is 1. The third-order valence-corrected chi connectivity index (χ3v) is 5.58. The molecule has 0 spiro atoms. The van der Waals surface area contributed by atoms with Crippen LogP contribution >= 0.6 is 0 Å². The van der Waals surface area contributed by atoms with Crippen LogP contribution in [-0.4, -0.2) is 13.1 Å². The number of hydrogen-bond donors (Lipinski definition) is 0. The number of hydrogen-bond acceptors (Lipinski definition) is 2. The van der Waals surface area contributed by atoms with Crippen LogP contribution in [0.1, 0.15) is 75.4 Å². The summed E-state index contributed by atoms with van der Waals surface area (Å²) < 4.78 is 4.89. The molecule has 0 saturated heterocycles. The predicted molar refractivity (Wildman–Crippen MR) is 110 cm³/mol. The highest BCUT2D eigenvalue weighted by molar-refractivity contribution is 5.92. The van der Waals surface area contributed by atoms with Crippen molar-refractivity contribution in [2.45, 2.75) is 60.3 Å². The molecule has 0 aliphatic heterocycles. The molecule has 1 aliphatic rings. The van der Waals surface area contributed by atoms with E-state index in [4.69, 9.17) is 4.74 Å². The monoisotopic (exact) mass is 352 g/mol. The van der Waals surface area contributed by atoms with Gasteiger partial charge in [0.2, 0.25) is 0 Å². The lowest BCUT2D eigenvalue weighted by Crippen LogP contribution is -2.22. The fourth-order valence-electron chi connectivity index (χ4n) is 4.20. The van der Waals surface area contributed by atoms with Crippen molar-refractivity contribution < 1.29 is 9.53 Å². The highest BCUT2D eigenvalue weighted by Gasteiger charge is 2.32. The Balaban J connectivity index is 2.75. The first-order valence-electron chi connectivity index (χ1n) is 9.52. The highest BCUT2D eigenvalue weighted by Crippen LogP contribution is 2.48. The van der Waals surface area contributed by atoms with Gasteiger partial charge in [-0.2, -0.15) is 0 Å². The summed E-state index contributed by atoms with van der Waals surface area (Å²) in [6, 6.07) is 5.93. The lowest BCUT2D eigenvalue weighted by atomic mass is 9.67. The van der Waals surface area contributed by atoms with Gasteiger partial charge in [-0.3, -0.25) is 0 Å². The Hall–Kier alpha value is -2.09. The van der Waals surface area contributed by atoms with E-state index in [2.05, 4.69) is 47.3 Å². The molecule has 0 saturated carbocycles. The fourth-order valence-corrected chi connectivity index (χ4v) is 4.20. The second kappa shape index (κ2) is 8.07. The number of carbonyl (C=O) groups excluding carboxylic acids is 1. The molecule has 0 fully saturated rings. The molecule has 1 aromatic carbocycles. The van der Waals surface area contributed by atoms with E-state index in [1.165, 1.54) is 53.4 Å². The number of methoxy groups -OCH3 is 1. The van der Waals surface area contributed by atoms with Gasteiger partial charge in [0.15, 0.2) is 0 Å². The Labute approximate surface area is 158 Å². The third kappa shape index (κ3) is 3.85. The van der Waals surface area contributed by atoms with Crippen molar-refractivity contribution in [3.05, 3.63) is 64.3 Å². The summed E-state index contributed by atoms with van der Waals surface area (Å²) in [4.78, 5) is 11.9. The van der Waals surface area contributed by atoms with E-state index in [0.29, 0.717) is 5.56 Å². The number of benzene rings is 1. The Kier molecular flexibility index (Phi) is 6.28. The van der Waals surface area contributed by atoms with E-state index < -0.39 is 0 Å². The van der Waals surface area contributed by atoms with Gasteiger partial charge < -0.3 is 4.74 Å². The summed E-state index contributed by atoms with van der Waals surface area (Å²) in [7, 11) is 1.42. The summed E-state index contributed by atoms with van der Waals surface area (Å²) in [5.74, 6) is -0.286. The van der Waals surface area contributed by atoms with Crippen LogP contribution in [0.25, 0.3) is 5.57 Å². The molecule has 2 rings (SSSR count). The zero-order valence-corrected chi connectivity index (χ0v) is 17.2. The van der Waals surface area contributed by atoms with Gasteiger partial charge in [-0.25, -0.2) is 4.79 Å². The van der Waals surface area contributed by atoms with Crippen molar-refractivity contribution in [1.29, 1.82) is 0 Å². The first-order valence-corrected chi connectivity index (χ1v) is 9.52. The van der Waals surface area contributed by atoms with Gasteiger partial charge in [-0.1, -0.05) is 45.1 Å². The number of esters is 1. The summed E-state index contributed by atoms with van der Waals surface area (Å²) >= 11 is 0. The average Bonchev–Trinajstić information content (AvgIpc) is 2.62. The Bertz CT molecular complexity index is 775. The van der Waals surface area contributed by atoms with Crippen LogP contribution in [-0.2, 0) is 11.2 Å². The van der Waals surface area contributed by atoms with Crippen molar-refractivity contribution in [2.24, 2.45) is 5.41 Å². The number of carbonyl (C=O) groups is 1. The van der Waals surface area contributed by atoms with Gasteiger partial charge in [-0.15, -0.1) is 0 Å². The van der Waals surface area contributed by atoms with E-state index in [-0.39, 0.29) is 11.4 Å². The molecule has 0 atom stereocenters. The van der Waals surface area contributed by atoms with Crippen LogP contribution < -0.4 is 0 Å². The zero-order chi connectivity index (χ0) is 19.5. The number of allylic oxidation sites excluding steroid dienone is 5. The maximum Gasteiger partial charge on any atom is 0.337 e. The third-order valence-electron chi connectivity index (χ3n) is 5.58. The minimum Gasteiger partial charge on any atom is -0.465 e. The normalized spacial score (nSPS) is 17.6. The van der Waals surface area contributed by atoms with Gasteiger partial charge in [0.25, 0.3) is 0 Å².